The van der Waals surface area contributed by atoms with Crippen LogP contribution in [0.3, 0.4) is 0 Å². The minimum atomic E-state index is -3.57. The fourth-order valence-corrected chi connectivity index (χ4v) is 4.12. The predicted molar refractivity (Wildman–Crippen MR) is 83.5 cm³/mol. The molecule has 0 amide bonds. The van der Waals surface area contributed by atoms with Gasteiger partial charge in [0.15, 0.2) is 0 Å². The molecule has 1 atom stereocenters. The molecule has 19 heavy (non-hydrogen) atoms. The van der Waals surface area contributed by atoms with Crippen LogP contribution in [0.4, 0.5) is 0 Å². The van der Waals surface area contributed by atoms with Gasteiger partial charge in [0.25, 0.3) is 0 Å². The van der Waals surface area contributed by atoms with Gasteiger partial charge >= 0.3 is 0 Å². The Labute approximate surface area is 127 Å². The van der Waals surface area contributed by atoms with E-state index in [1.165, 1.54) is 7.11 Å². The van der Waals surface area contributed by atoms with Gasteiger partial charge < -0.3 is 4.74 Å². The van der Waals surface area contributed by atoms with E-state index in [0.717, 1.165) is 12.2 Å². The summed E-state index contributed by atoms with van der Waals surface area (Å²) in [6, 6.07) is 4.81. The molecule has 0 aliphatic heterocycles. The van der Waals surface area contributed by atoms with Crippen LogP contribution in [0, 0.1) is 0 Å². The Hall–Kier alpha value is -0.240. The van der Waals surface area contributed by atoms with Crippen LogP contribution >= 0.6 is 27.7 Å². The summed E-state index contributed by atoms with van der Waals surface area (Å²) in [6.45, 7) is 1.86. The van der Waals surface area contributed by atoms with E-state index in [-0.39, 0.29) is 10.9 Å². The summed E-state index contributed by atoms with van der Waals surface area (Å²) in [4.78, 5) is 0.153. The molecular weight excluding hydrogens is 350 g/mol. The van der Waals surface area contributed by atoms with Crippen molar-refractivity contribution in [3.63, 3.8) is 0 Å². The Kier molecular flexibility index (Phi) is 6.65. The van der Waals surface area contributed by atoms with Gasteiger partial charge in [0.2, 0.25) is 10.0 Å². The summed E-state index contributed by atoms with van der Waals surface area (Å²) in [5.74, 6) is 1.26. The third-order valence-electron chi connectivity index (χ3n) is 2.53. The van der Waals surface area contributed by atoms with E-state index < -0.39 is 10.0 Å². The number of rotatable bonds is 7. The predicted octanol–water partition coefficient (Wildman–Crippen LogP) is 2.88. The molecule has 0 aliphatic carbocycles. The summed E-state index contributed by atoms with van der Waals surface area (Å²) in [7, 11) is -2.11. The number of nitrogens with one attached hydrogen (secondary N) is 1. The van der Waals surface area contributed by atoms with Crippen LogP contribution in [-0.2, 0) is 10.0 Å². The zero-order valence-electron chi connectivity index (χ0n) is 11.1. The third kappa shape index (κ3) is 4.98. The zero-order valence-corrected chi connectivity index (χ0v) is 14.4. The highest BCUT2D eigenvalue weighted by atomic mass is 79.9. The van der Waals surface area contributed by atoms with Crippen LogP contribution in [-0.4, -0.2) is 33.6 Å². The topological polar surface area (TPSA) is 55.4 Å². The van der Waals surface area contributed by atoms with Gasteiger partial charge in [-0.2, -0.15) is 11.8 Å². The molecule has 7 heteroatoms. The molecule has 1 aromatic rings. The molecule has 0 radical (unpaired) electrons. The maximum absolute atomic E-state index is 12.3. The molecule has 0 heterocycles. The molecule has 4 nitrogen and oxygen atoms in total. The molecule has 0 aromatic heterocycles. The van der Waals surface area contributed by atoms with Crippen LogP contribution in [0.1, 0.15) is 13.3 Å². The molecule has 1 rings (SSSR count). The first-order valence-corrected chi connectivity index (χ1v) is 9.42. The van der Waals surface area contributed by atoms with Crippen LogP contribution in [0.25, 0.3) is 0 Å². The molecule has 0 spiro atoms. The van der Waals surface area contributed by atoms with Crippen molar-refractivity contribution >= 4 is 37.7 Å². The Morgan fingerprint density at radius 2 is 2.16 bits per heavy atom. The van der Waals surface area contributed by atoms with Gasteiger partial charge in [0.05, 0.1) is 7.11 Å². The lowest BCUT2D eigenvalue weighted by molar-refractivity contribution is 0.402. The molecule has 0 aliphatic rings. The second-order valence-corrected chi connectivity index (χ2v) is 7.68. The van der Waals surface area contributed by atoms with Crippen molar-refractivity contribution in [1.29, 1.82) is 0 Å². The first kappa shape index (κ1) is 16.8. The second-order valence-electron chi connectivity index (χ2n) is 4.10. The number of hydrogen-bond acceptors (Lipinski definition) is 4. The Morgan fingerprint density at radius 3 is 2.74 bits per heavy atom. The number of ether oxygens (including phenoxy) is 1. The monoisotopic (exact) mass is 367 g/mol. The highest BCUT2D eigenvalue weighted by Gasteiger charge is 2.21. The lowest BCUT2D eigenvalue weighted by atomic mass is 10.3. The molecule has 0 bridgehead atoms. The van der Waals surface area contributed by atoms with Gasteiger partial charge in [-0.15, -0.1) is 0 Å². The standard InChI is InChI=1S/C12H18BrNO3S2/c1-9(6-7-18-3)14-19(15,16)12-8-10(13)4-5-11(12)17-2/h4-5,8-9,14H,6-7H2,1-3H3. The van der Waals surface area contributed by atoms with Crippen LogP contribution in [0.15, 0.2) is 27.6 Å². The Balaban J connectivity index is 2.96. The number of thioether (sulfide) groups is 1. The minimum Gasteiger partial charge on any atom is -0.495 e. The molecule has 0 saturated heterocycles. The number of methoxy groups -OCH3 is 1. The van der Waals surface area contributed by atoms with E-state index in [9.17, 15) is 8.42 Å². The minimum absolute atomic E-state index is 0.110. The van der Waals surface area contributed by atoms with Crippen molar-refractivity contribution in [1.82, 2.24) is 4.72 Å². The van der Waals surface area contributed by atoms with E-state index in [2.05, 4.69) is 20.7 Å². The van der Waals surface area contributed by atoms with Crippen molar-refractivity contribution in [3.05, 3.63) is 22.7 Å². The Morgan fingerprint density at radius 1 is 1.47 bits per heavy atom. The molecule has 0 saturated carbocycles. The van der Waals surface area contributed by atoms with Gasteiger partial charge in [-0.3, -0.25) is 0 Å². The van der Waals surface area contributed by atoms with Gasteiger partial charge in [-0.25, -0.2) is 13.1 Å². The van der Waals surface area contributed by atoms with Crippen molar-refractivity contribution in [3.8, 4) is 5.75 Å². The number of hydrogen-bond donors (Lipinski definition) is 1. The highest BCUT2D eigenvalue weighted by molar-refractivity contribution is 9.10. The largest absolute Gasteiger partial charge is 0.495 e. The molecule has 108 valence electrons. The zero-order chi connectivity index (χ0) is 14.5. The second kappa shape index (κ2) is 7.52. The van der Waals surface area contributed by atoms with Gasteiger partial charge in [-0.05, 0) is 43.6 Å². The smallest absolute Gasteiger partial charge is 0.244 e. The number of sulfonamides is 1. The van der Waals surface area contributed by atoms with E-state index in [4.69, 9.17) is 4.74 Å². The van der Waals surface area contributed by atoms with E-state index in [1.54, 1.807) is 30.0 Å². The third-order valence-corrected chi connectivity index (χ3v) is 5.27. The van der Waals surface area contributed by atoms with Crippen molar-refractivity contribution in [2.24, 2.45) is 0 Å². The fourth-order valence-electron chi connectivity index (χ4n) is 1.54. The molecule has 0 fully saturated rings. The number of halogens is 1. The molecular formula is C12H18BrNO3S2. The average molecular weight is 368 g/mol. The van der Waals surface area contributed by atoms with Gasteiger partial charge in [0, 0.05) is 10.5 Å². The summed E-state index contributed by atoms with van der Waals surface area (Å²) in [5, 5.41) is 0. The number of benzene rings is 1. The first-order chi connectivity index (χ1) is 8.90. The van der Waals surface area contributed by atoms with Gasteiger partial charge in [-0.1, -0.05) is 15.9 Å². The molecule has 1 aromatic carbocycles. The summed E-state index contributed by atoms with van der Waals surface area (Å²) in [5.41, 5.74) is 0. The maximum Gasteiger partial charge on any atom is 0.244 e. The lowest BCUT2D eigenvalue weighted by Crippen LogP contribution is -2.33. The maximum atomic E-state index is 12.3. The van der Waals surface area contributed by atoms with Crippen molar-refractivity contribution < 1.29 is 13.2 Å². The van der Waals surface area contributed by atoms with Crippen LogP contribution in [0.2, 0.25) is 0 Å². The van der Waals surface area contributed by atoms with E-state index in [1.807, 2.05) is 13.2 Å². The van der Waals surface area contributed by atoms with Crippen molar-refractivity contribution in [2.75, 3.05) is 19.1 Å². The van der Waals surface area contributed by atoms with Crippen molar-refractivity contribution in [2.45, 2.75) is 24.3 Å². The molecule has 1 unspecified atom stereocenters. The first-order valence-electron chi connectivity index (χ1n) is 5.75. The molecule has 1 N–H and O–H groups in total. The lowest BCUT2D eigenvalue weighted by Gasteiger charge is -2.15. The average Bonchev–Trinajstić information content (AvgIpc) is 2.35. The summed E-state index contributed by atoms with van der Waals surface area (Å²) in [6.07, 6.45) is 2.79. The summed E-state index contributed by atoms with van der Waals surface area (Å²) < 4.78 is 33.1. The highest BCUT2D eigenvalue weighted by Crippen LogP contribution is 2.27. The van der Waals surface area contributed by atoms with Gasteiger partial charge in [0.1, 0.15) is 10.6 Å². The Bertz CT molecular complexity index is 520. The van der Waals surface area contributed by atoms with E-state index in [0.29, 0.717) is 10.2 Å². The van der Waals surface area contributed by atoms with Crippen LogP contribution in [0.5, 0.6) is 5.75 Å². The SMILES string of the molecule is COc1ccc(Br)cc1S(=O)(=O)NC(C)CCSC. The quantitative estimate of drug-likeness (QED) is 0.804. The van der Waals surface area contributed by atoms with E-state index >= 15 is 0 Å². The fraction of sp³-hybridized carbons (Fsp3) is 0.500. The normalized spacial score (nSPS) is 13.3. The van der Waals surface area contributed by atoms with Crippen LogP contribution < -0.4 is 9.46 Å². The summed E-state index contributed by atoms with van der Waals surface area (Å²) >= 11 is 4.97.